The Hall–Kier alpha value is -2.03. The summed E-state index contributed by atoms with van der Waals surface area (Å²) in [6.07, 6.45) is 2.26. The average Bonchev–Trinajstić information content (AvgIpc) is 3.40. The van der Waals surface area contributed by atoms with Gasteiger partial charge in [-0.05, 0) is 31.9 Å². The lowest BCUT2D eigenvalue weighted by Crippen LogP contribution is -2.52. The molecule has 0 bridgehead atoms. The van der Waals surface area contributed by atoms with Crippen molar-refractivity contribution in [2.24, 2.45) is 0 Å². The highest BCUT2D eigenvalue weighted by atomic mass is 32.1. The smallest absolute Gasteiger partial charge is 0.242 e. The van der Waals surface area contributed by atoms with E-state index in [0.717, 1.165) is 67.5 Å². The van der Waals surface area contributed by atoms with E-state index in [0.29, 0.717) is 19.6 Å². The quantitative estimate of drug-likeness (QED) is 0.721. The van der Waals surface area contributed by atoms with Gasteiger partial charge in [-0.1, -0.05) is 23.5 Å². The van der Waals surface area contributed by atoms with Crippen molar-refractivity contribution in [2.45, 2.75) is 19.8 Å². The Balaban J connectivity index is 1.28. The van der Waals surface area contributed by atoms with E-state index in [1.165, 1.54) is 0 Å². The molecule has 0 spiro atoms. The van der Waals surface area contributed by atoms with Crippen LogP contribution in [-0.2, 0) is 9.59 Å². The molecule has 0 aliphatic carbocycles. The van der Waals surface area contributed by atoms with E-state index in [9.17, 15) is 9.59 Å². The highest BCUT2D eigenvalue weighted by Crippen LogP contribution is 2.28. The monoisotopic (exact) mass is 415 g/mol. The molecule has 2 fully saturated rings. The summed E-state index contributed by atoms with van der Waals surface area (Å²) in [6, 6.07) is 7.99. The molecule has 0 radical (unpaired) electrons. The first kappa shape index (κ1) is 20.3. The number of benzene rings is 1. The first-order chi connectivity index (χ1) is 14.1. The maximum absolute atomic E-state index is 12.9. The SMILES string of the molecule is CCN(C(=O)CN1CCN(CC(=O)N2CCCC2)CC1)c1nc2ccccc2s1. The van der Waals surface area contributed by atoms with Crippen LogP contribution < -0.4 is 4.90 Å². The Bertz CT molecular complexity index is 823. The number of amides is 2. The number of hydrogen-bond donors (Lipinski definition) is 0. The van der Waals surface area contributed by atoms with Gasteiger partial charge in [0.25, 0.3) is 0 Å². The van der Waals surface area contributed by atoms with Crippen LogP contribution in [0.15, 0.2) is 24.3 Å². The highest BCUT2D eigenvalue weighted by molar-refractivity contribution is 7.22. The van der Waals surface area contributed by atoms with E-state index in [2.05, 4.69) is 14.8 Å². The maximum atomic E-state index is 12.9. The molecule has 0 unspecified atom stereocenters. The maximum Gasteiger partial charge on any atom is 0.242 e. The summed E-state index contributed by atoms with van der Waals surface area (Å²) in [4.78, 5) is 38.1. The van der Waals surface area contributed by atoms with E-state index in [-0.39, 0.29) is 11.8 Å². The number of carbonyl (C=O) groups is 2. The van der Waals surface area contributed by atoms with E-state index in [1.807, 2.05) is 36.1 Å². The van der Waals surface area contributed by atoms with Crippen LogP contribution in [0.2, 0.25) is 0 Å². The average molecular weight is 416 g/mol. The molecule has 2 aromatic rings. The number of aromatic nitrogens is 1. The minimum Gasteiger partial charge on any atom is -0.342 e. The van der Waals surface area contributed by atoms with Crippen LogP contribution in [0.1, 0.15) is 19.8 Å². The number of anilines is 1. The van der Waals surface area contributed by atoms with Gasteiger partial charge in [0.2, 0.25) is 11.8 Å². The van der Waals surface area contributed by atoms with E-state index in [1.54, 1.807) is 16.2 Å². The largest absolute Gasteiger partial charge is 0.342 e. The molecular weight excluding hydrogens is 386 g/mol. The second kappa shape index (κ2) is 9.19. The molecule has 2 saturated heterocycles. The summed E-state index contributed by atoms with van der Waals surface area (Å²) < 4.78 is 1.10. The van der Waals surface area contributed by atoms with Crippen molar-refractivity contribution in [3.63, 3.8) is 0 Å². The molecule has 2 aliphatic heterocycles. The summed E-state index contributed by atoms with van der Waals surface area (Å²) in [5, 5.41) is 0.772. The van der Waals surface area contributed by atoms with Gasteiger partial charge in [0.05, 0.1) is 23.3 Å². The van der Waals surface area contributed by atoms with E-state index >= 15 is 0 Å². The van der Waals surface area contributed by atoms with Crippen LogP contribution in [0.3, 0.4) is 0 Å². The first-order valence-corrected chi connectivity index (χ1v) is 11.3. The third-order valence-corrected chi connectivity index (χ3v) is 6.83. The summed E-state index contributed by atoms with van der Waals surface area (Å²) >= 11 is 1.56. The van der Waals surface area contributed by atoms with Crippen LogP contribution >= 0.6 is 11.3 Å². The Morgan fingerprint density at radius 1 is 1.00 bits per heavy atom. The van der Waals surface area contributed by atoms with Crippen molar-refractivity contribution in [1.29, 1.82) is 0 Å². The van der Waals surface area contributed by atoms with E-state index in [4.69, 9.17) is 0 Å². The number of piperazine rings is 1. The summed E-state index contributed by atoms with van der Waals surface area (Å²) in [5.41, 5.74) is 0.940. The Kier molecular flexibility index (Phi) is 6.42. The number of hydrogen-bond acceptors (Lipinski definition) is 6. The lowest BCUT2D eigenvalue weighted by atomic mass is 10.3. The molecule has 4 rings (SSSR count). The van der Waals surface area contributed by atoms with Gasteiger partial charge in [0.15, 0.2) is 5.13 Å². The summed E-state index contributed by atoms with van der Waals surface area (Å²) in [6.45, 7) is 8.63. The van der Waals surface area contributed by atoms with Crippen molar-refractivity contribution in [1.82, 2.24) is 19.7 Å². The Morgan fingerprint density at radius 2 is 1.66 bits per heavy atom. The van der Waals surface area contributed by atoms with Crippen LogP contribution in [-0.4, -0.2) is 90.4 Å². The van der Waals surface area contributed by atoms with Crippen LogP contribution in [0.25, 0.3) is 10.2 Å². The van der Waals surface area contributed by atoms with Gasteiger partial charge in [-0.15, -0.1) is 0 Å². The molecule has 0 atom stereocenters. The van der Waals surface area contributed by atoms with Gasteiger partial charge < -0.3 is 4.90 Å². The Morgan fingerprint density at radius 3 is 2.31 bits per heavy atom. The molecule has 7 nitrogen and oxygen atoms in total. The third-order valence-electron chi connectivity index (χ3n) is 5.77. The third kappa shape index (κ3) is 4.76. The second-order valence-electron chi connectivity index (χ2n) is 7.74. The molecule has 1 aromatic heterocycles. The zero-order valence-electron chi connectivity index (χ0n) is 17.0. The standard InChI is InChI=1S/C21H29N5O2S/c1-2-26(21-22-17-7-3-4-8-18(17)29-21)20(28)16-24-13-11-23(12-14-24)15-19(27)25-9-5-6-10-25/h3-4,7-8H,2,5-6,9-16H2,1H3. The molecule has 3 heterocycles. The minimum absolute atomic E-state index is 0.0909. The number of para-hydroxylation sites is 1. The number of rotatable bonds is 6. The van der Waals surface area contributed by atoms with Crippen LogP contribution in [0.5, 0.6) is 0 Å². The van der Waals surface area contributed by atoms with Crippen molar-refractivity contribution >= 4 is 38.5 Å². The van der Waals surface area contributed by atoms with Crippen molar-refractivity contribution in [3.8, 4) is 0 Å². The Labute approximate surface area is 175 Å². The minimum atomic E-state index is 0.0909. The molecule has 0 N–H and O–H groups in total. The van der Waals surface area contributed by atoms with Crippen molar-refractivity contribution in [2.75, 3.05) is 63.8 Å². The molecular formula is C21H29N5O2S. The van der Waals surface area contributed by atoms with Gasteiger partial charge in [-0.2, -0.15) is 0 Å². The fraction of sp³-hybridized carbons (Fsp3) is 0.571. The van der Waals surface area contributed by atoms with Crippen LogP contribution in [0.4, 0.5) is 5.13 Å². The molecule has 29 heavy (non-hydrogen) atoms. The number of thiazole rings is 1. The molecule has 156 valence electrons. The molecule has 1 aromatic carbocycles. The van der Waals surface area contributed by atoms with Gasteiger partial charge in [0.1, 0.15) is 0 Å². The summed E-state index contributed by atoms with van der Waals surface area (Å²) in [5.74, 6) is 0.341. The molecule has 2 aliphatic rings. The van der Waals surface area contributed by atoms with Gasteiger partial charge in [-0.25, -0.2) is 4.98 Å². The van der Waals surface area contributed by atoms with Gasteiger partial charge in [-0.3, -0.25) is 24.3 Å². The number of carbonyl (C=O) groups excluding carboxylic acids is 2. The number of fused-ring (bicyclic) bond motifs is 1. The predicted molar refractivity (Wildman–Crippen MR) is 116 cm³/mol. The van der Waals surface area contributed by atoms with Crippen molar-refractivity contribution in [3.05, 3.63) is 24.3 Å². The summed E-state index contributed by atoms with van der Waals surface area (Å²) in [7, 11) is 0. The fourth-order valence-electron chi connectivity index (χ4n) is 4.03. The molecule has 8 heteroatoms. The lowest BCUT2D eigenvalue weighted by Gasteiger charge is -2.35. The first-order valence-electron chi connectivity index (χ1n) is 10.5. The molecule has 0 saturated carbocycles. The number of likely N-dealkylation sites (N-methyl/N-ethyl adjacent to an activating group) is 1. The van der Waals surface area contributed by atoms with E-state index < -0.39 is 0 Å². The normalized spacial score (nSPS) is 18.4. The highest BCUT2D eigenvalue weighted by Gasteiger charge is 2.26. The molecule has 2 amide bonds. The van der Waals surface area contributed by atoms with Crippen LogP contribution in [0, 0.1) is 0 Å². The number of likely N-dealkylation sites (tertiary alicyclic amines) is 1. The van der Waals surface area contributed by atoms with Gasteiger partial charge in [0, 0.05) is 45.8 Å². The van der Waals surface area contributed by atoms with Gasteiger partial charge >= 0.3 is 0 Å². The fourth-order valence-corrected chi connectivity index (χ4v) is 5.08. The topological polar surface area (TPSA) is 60.0 Å². The lowest BCUT2D eigenvalue weighted by molar-refractivity contribution is -0.132. The predicted octanol–water partition coefficient (Wildman–Crippen LogP) is 1.89. The van der Waals surface area contributed by atoms with Crippen molar-refractivity contribution < 1.29 is 9.59 Å². The zero-order valence-corrected chi connectivity index (χ0v) is 17.9. The second-order valence-corrected chi connectivity index (χ2v) is 8.75. The zero-order chi connectivity index (χ0) is 20.2. The number of nitrogens with zero attached hydrogens (tertiary/aromatic N) is 5.